The van der Waals surface area contributed by atoms with E-state index in [1.807, 2.05) is 0 Å². The highest BCUT2D eigenvalue weighted by atomic mass is 19.2. The summed E-state index contributed by atoms with van der Waals surface area (Å²) in [6, 6.07) is 0. The third kappa shape index (κ3) is 1.40. The number of benzene rings is 1. The monoisotopic (exact) mass is 211 g/mol. The molecule has 0 saturated heterocycles. The summed E-state index contributed by atoms with van der Waals surface area (Å²) in [7, 11) is 0. The van der Waals surface area contributed by atoms with Crippen molar-refractivity contribution in [1.29, 1.82) is 0 Å². The second-order valence-electron chi connectivity index (χ2n) is 2.12. The van der Waals surface area contributed by atoms with Gasteiger partial charge in [-0.15, -0.1) is 0 Å². The van der Waals surface area contributed by atoms with E-state index in [2.05, 4.69) is 16.7 Å². The molecular formula is C7H2F5NO. The average Bonchev–Trinajstić information content (AvgIpc) is 2.19. The summed E-state index contributed by atoms with van der Waals surface area (Å²) >= 11 is 0. The third-order valence-electron chi connectivity index (χ3n) is 1.33. The highest BCUT2D eigenvalue weighted by molar-refractivity contribution is 5.30. The number of rotatable bonds is 2. The van der Waals surface area contributed by atoms with E-state index in [9.17, 15) is 22.0 Å². The lowest BCUT2D eigenvalue weighted by atomic mass is 10.3. The van der Waals surface area contributed by atoms with Gasteiger partial charge >= 0.3 is 0 Å². The van der Waals surface area contributed by atoms with Crippen LogP contribution in [0.3, 0.4) is 0 Å². The van der Waals surface area contributed by atoms with Gasteiger partial charge in [0.05, 0.1) is 0 Å². The minimum absolute atomic E-state index is 1.48. The normalized spacial score (nSPS) is 10.1. The van der Waals surface area contributed by atoms with Gasteiger partial charge in [0.2, 0.25) is 34.8 Å². The van der Waals surface area contributed by atoms with E-state index in [4.69, 9.17) is 0 Å². The van der Waals surface area contributed by atoms with E-state index in [1.54, 1.807) is 0 Å². The van der Waals surface area contributed by atoms with E-state index >= 15 is 0 Å². The van der Waals surface area contributed by atoms with E-state index in [-0.39, 0.29) is 0 Å². The maximum atomic E-state index is 12.7. The van der Waals surface area contributed by atoms with Crippen LogP contribution in [0.5, 0.6) is 5.75 Å². The molecule has 0 fully saturated rings. The second kappa shape index (κ2) is 3.60. The highest BCUT2D eigenvalue weighted by Gasteiger charge is 2.27. The van der Waals surface area contributed by atoms with Crippen molar-refractivity contribution in [3.8, 4) is 5.75 Å². The van der Waals surface area contributed by atoms with Crippen LogP contribution in [0.25, 0.3) is 0 Å². The van der Waals surface area contributed by atoms with Crippen molar-refractivity contribution >= 4 is 6.72 Å². The number of oxime groups is 1. The summed E-state index contributed by atoms with van der Waals surface area (Å²) < 4.78 is 62.6. The van der Waals surface area contributed by atoms with Gasteiger partial charge in [0.1, 0.15) is 0 Å². The maximum absolute atomic E-state index is 12.7. The Morgan fingerprint density at radius 3 is 1.50 bits per heavy atom. The van der Waals surface area contributed by atoms with Crippen LogP contribution in [0.2, 0.25) is 0 Å². The average molecular weight is 211 g/mol. The molecule has 0 unspecified atom stereocenters. The molecule has 0 saturated carbocycles. The number of hydrogen-bond acceptors (Lipinski definition) is 2. The van der Waals surface area contributed by atoms with Crippen LogP contribution in [-0.2, 0) is 0 Å². The van der Waals surface area contributed by atoms with Crippen molar-refractivity contribution < 1.29 is 26.8 Å². The topological polar surface area (TPSA) is 21.6 Å². The molecule has 0 atom stereocenters. The van der Waals surface area contributed by atoms with Crippen molar-refractivity contribution in [2.24, 2.45) is 5.16 Å². The molecule has 7 heteroatoms. The van der Waals surface area contributed by atoms with Crippen LogP contribution in [0.15, 0.2) is 5.16 Å². The van der Waals surface area contributed by atoms with Crippen molar-refractivity contribution in [3.05, 3.63) is 29.1 Å². The van der Waals surface area contributed by atoms with Gasteiger partial charge in [-0.1, -0.05) is 5.16 Å². The quantitative estimate of drug-likeness (QED) is 0.242. The van der Waals surface area contributed by atoms with Crippen LogP contribution >= 0.6 is 0 Å². The van der Waals surface area contributed by atoms with Crippen LogP contribution < -0.4 is 4.84 Å². The van der Waals surface area contributed by atoms with E-state index in [0.717, 1.165) is 0 Å². The number of hydrogen-bond donors (Lipinski definition) is 0. The molecule has 0 aliphatic heterocycles. The Kier molecular flexibility index (Phi) is 2.68. The Morgan fingerprint density at radius 1 is 0.786 bits per heavy atom. The summed E-state index contributed by atoms with van der Waals surface area (Å²) in [5, 5.41) is 2.55. The maximum Gasteiger partial charge on any atom is 0.235 e. The largest absolute Gasteiger partial charge is 0.351 e. The van der Waals surface area contributed by atoms with Crippen molar-refractivity contribution in [3.63, 3.8) is 0 Å². The van der Waals surface area contributed by atoms with Gasteiger partial charge < -0.3 is 4.84 Å². The van der Waals surface area contributed by atoms with E-state index < -0.39 is 34.8 Å². The summed E-state index contributed by atoms with van der Waals surface area (Å²) in [4.78, 5) is 3.80. The molecule has 1 aromatic carbocycles. The minimum Gasteiger partial charge on any atom is -0.351 e. The Balaban J connectivity index is 3.50. The molecular weight excluding hydrogens is 209 g/mol. The van der Waals surface area contributed by atoms with Crippen LogP contribution in [-0.4, -0.2) is 6.72 Å². The fraction of sp³-hybridized carbons (Fsp3) is 0. The van der Waals surface area contributed by atoms with Crippen molar-refractivity contribution in [2.45, 2.75) is 0 Å². The van der Waals surface area contributed by atoms with Crippen molar-refractivity contribution in [1.82, 2.24) is 0 Å². The number of halogens is 5. The molecule has 0 spiro atoms. The molecule has 0 heterocycles. The molecule has 76 valence electrons. The molecule has 0 aromatic heterocycles. The van der Waals surface area contributed by atoms with Gasteiger partial charge in [-0.25, -0.2) is 13.2 Å². The van der Waals surface area contributed by atoms with E-state index in [0.29, 0.717) is 0 Å². The zero-order chi connectivity index (χ0) is 10.9. The molecule has 0 bridgehead atoms. The van der Waals surface area contributed by atoms with Gasteiger partial charge in [0, 0.05) is 6.72 Å². The lowest BCUT2D eigenvalue weighted by Gasteiger charge is -2.04. The van der Waals surface area contributed by atoms with Crippen LogP contribution in [0.1, 0.15) is 0 Å². The molecule has 0 N–H and O–H groups in total. The van der Waals surface area contributed by atoms with Crippen LogP contribution in [0.4, 0.5) is 22.0 Å². The van der Waals surface area contributed by atoms with E-state index in [1.165, 1.54) is 0 Å². The summed E-state index contributed by atoms with van der Waals surface area (Å²) in [6.45, 7) is 2.68. The molecule has 0 aliphatic rings. The molecule has 0 aliphatic carbocycles. The Labute approximate surface area is 74.6 Å². The molecule has 14 heavy (non-hydrogen) atoms. The summed E-state index contributed by atoms with van der Waals surface area (Å²) in [6.07, 6.45) is 0. The first-order chi connectivity index (χ1) is 6.50. The Morgan fingerprint density at radius 2 is 1.14 bits per heavy atom. The van der Waals surface area contributed by atoms with Gasteiger partial charge in [0.15, 0.2) is 0 Å². The van der Waals surface area contributed by atoms with Gasteiger partial charge in [-0.2, -0.15) is 8.78 Å². The summed E-state index contributed by atoms with van der Waals surface area (Å²) in [5.74, 6) is -12.1. The first kappa shape index (κ1) is 10.4. The molecule has 0 amide bonds. The predicted octanol–water partition coefficient (Wildman–Crippen LogP) is 2.38. The minimum atomic E-state index is -2.25. The zero-order valence-electron chi connectivity index (χ0n) is 6.45. The van der Waals surface area contributed by atoms with Crippen LogP contribution in [0, 0.1) is 29.1 Å². The lowest BCUT2D eigenvalue weighted by molar-refractivity contribution is 0.277. The number of nitrogens with zero attached hydrogens (tertiary/aromatic N) is 1. The summed E-state index contributed by atoms with van der Waals surface area (Å²) in [5.41, 5.74) is 0. The zero-order valence-corrected chi connectivity index (χ0v) is 6.45. The molecule has 1 aromatic rings. The second-order valence-corrected chi connectivity index (χ2v) is 2.12. The van der Waals surface area contributed by atoms with Gasteiger partial charge in [0.25, 0.3) is 0 Å². The van der Waals surface area contributed by atoms with Gasteiger partial charge in [-0.3, -0.25) is 0 Å². The SMILES string of the molecule is C=NOc1c(F)c(F)c(F)c(F)c1F. The Hall–Kier alpha value is -1.66. The first-order valence-electron chi connectivity index (χ1n) is 3.15. The fourth-order valence-corrected chi connectivity index (χ4v) is 0.729. The molecule has 0 radical (unpaired) electrons. The standard InChI is InChI=1S/C7H2F5NO/c1-13-14-7-5(11)3(9)2(8)4(10)6(7)12/h1H2. The Bertz CT molecular complexity index is 363. The fourth-order valence-electron chi connectivity index (χ4n) is 0.729. The highest BCUT2D eigenvalue weighted by Crippen LogP contribution is 2.28. The predicted molar refractivity (Wildman–Crippen MR) is 36.4 cm³/mol. The lowest BCUT2D eigenvalue weighted by Crippen LogP contribution is -2.03. The van der Waals surface area contributed by atoms with Crippen molar-refractivity contribution in [2.75, 3.05) is 0 Å². The first-order valence-corrected chi connectivity index (χ1v) is 3.15. The molecule has 2 nitrogen and oxygen atoms in total. The molecule has 1 rings (SSSR count). The smallest absolute Gasteiger partial charge is 0.235 e. The van der Waals surface area contributed by atoms with Gasteiger partial charge in [-0.05, 0) is 0 Å². The third-order valence-corrected chi connectivity index (χ3v) is 1.33.